The molecule has 0 heterocycles. The SMILES string of the molecule is CC(CC#N)N(C)CC(O)c1ccc(Br)cc1. The molecule has 1 aromatic carbocycles. The fourth-order valence-corrected chi connectivity index (χ4v) is 1.80. The van der Waals surface area contributed by atoms with Gasteiger partial charge in [0.15, 0.2) is 0 Å². The molecular formula is C13H17BrN2O. The normalized spacial score (nSPS) is 14.4. The van der Waals surface area contributed by atoms with Crippen molar-refractivity contribution in [2.45, 2.75) is 25.5 Å². The van der Waals surface area contributed by atoms with E-state index in [0.717, 1.165) is 10.0 Å². The molecule has 0 aromatic heterocycles. The molecule has 3 nitrogen and oxygen atoms in total. The zero-order valence-corrected chi connectivity index (χ0v) is 11.7. The number of hydrogen-bond donors (Lipinski definition) is 1. The zero-order chi connectivity index (χ0) is 12.8. The topological polar surface area (TPSA) is 47.3 Å². The molecule has 0 spiro atoms. The monoisotopic (exact) mass is 296 g/mol. The van der Waals surface area contributed by atoms with E-state index in [1.165, 1.54) is 0 Å². The van der Waals surface area contributed by atoms with Gasteiger partial charge in [0.2, 0.25) is 0 Å². The van der Waals surface area contributed by atoms with Gasteiger partial charge in [0.1, 0.15) is 0 Å². The molecule has 0 radical (unpaired) electrons. The standard InChI is InChI=1S/C13H17BrN2O/c1-10(7-8-15)16(2)9-13(17)11-3-5-12(14)6-4-11/h3-6,10,13,17H,7,9H2,1-2H3. The van der Waals surface area contributed by atoms with Crippen molar-refractivity contribution in [3.63, 3.8) is 0 Å². The molecule has 0 saturated heterocycles. The van der Waals surface area contributed by atoms with E-state index in [0.29, 0.717) is 13.0 Å². The highest BCUT2D eigenvalue weighted by atomic mass is 79.9. The van der Waals surface area contributed by atoms with Gasteiger partial charge in [0.05, 0.1) is 18.6 Å². The van der Waals surface area contributed by atoms with Crippen LogP contribution < -0.4 is 0 Å². The Morgan fingerprint density at radius 1 is 1.41 bits per heavy atom. The van der Waals surface area contributed by atoms with Gasteiger partial charge in [0.25, 0.3) is 0 Å². The average Bonchev–Trinajstić information content (AvgIpc) is 2.30. The van der Waals surface area contributed by atoms with Gasteiger partial charge < -0.3 is 5.11 Å². The van der Waals surface area contributed by atoms with Crippen molar-refractivity contribution in [2.75, 3.05) is 13.6 Å². The highest BCUT2D eigenvalue weighted by Crippen LogP contribution is 2.18. The van der Waals surface area contributed by atoms with Crippen LogP contribution in [0.2, 0.25) is 0 Å². The number of rotatable bonds is 5. The predicted octanol–water partition coefficient (Wildman–Crippen LogP) is 2.72. The Morgan fingerprint density at radius 3 is 2.53 bits per heavy atom. The van der Waals surface area contributed by atoms with E-state index < -0.39 is 6.10 Å². The summed E-state index contributed by atoms with van der Waals surface area (Å²) in [6, 6.07) is 9.93. The predicted molar refractivity (Wildman–Crippen MR) is 71.4 cm³/mol. The first-order chi connectivity index (χ1) is 8.04. The Labute approximate surface area is 111 Å². The van der Waals surface area contributed by atoms with E-state index in [4.69, 9.17) is 5.26 Å². The Morgan fingerprint density at radius 2 is 2.00 bits per heavy atom. The second-order valence-electron chi connectivity index (χ2n) is 4.22. The van der Waals surface area contributed by atoms with Crippen molar-refractivity contribution in [2.24, 2.45) is 0 Å². The second-order valence-corrected chi connectivity index (χ2v) is 5.13. The molecule has 0 bridgehead atoms. The zero-order valence-electron chi connectivity index (χ0n) is 10.1. The lowest BCUT2D eigenvalue weighted by atomic mass is 10.1. The molecule has 0 aliphatic rings. The van der Waals surface area contributed by atoms with Crippen LogP contribution in [-0.2, 0) is 0 Å². The van der Waals surface area contributed by atoms with Crippen LogP contribution in [0.4, 0.5) is 0 Å². The average molecular weight is 297 g/mol. The van der Waals surface area contributed by atoms with Gasteiger partial charge in [-0.05, 0) is 31.7 Å². The molecular weight excluding hydrogens is 280 g/mol. The van der Waals surface area contributed by atoms with E-state index in [1.54, 1.807) is 0 Å². The number of benzene rings is 1. The molecule has 0 saturated carbocycles. The first-order valence-electron chi connectivity index (χ1n) is 5.55. The molecule has 4 heteroatoms. The summed E-state index contributed by atoms with van der Waals surface area (Å²) in [5.74, 6) is 0. The third-order valence-electron chi connectivity index (χ3n) is 2.85. The van der Waals surface area contributed by atoms with Gasteiger partial charge in [0, 0.05) is 17.1 Å². The Hall–Kier alpha value is -0.890. The van der Waals surface area contributed by atoms with Crippen LogP contribution in [0.25, 0.3) is 0 Å². The number of hydrogen-bond acceptors (Lipinski definition) is 3. The third-order valence-corrected chi connectivity index (χ3v) is 3.38. The fourth-order valence-electron chi connectivity index (χ4n) is 1.53. The summed E-state index contributed by atoms with van der Waals surface area (Å²) >= 11 is 3.36. The first kappa shape index (κ1) is 14.2. The highest BCUT2D eigenvalue weighted by Gasteiger charge is 2.14. The summed E-state index contributed by atoms with van der Waals surface area (Å²) in [6.07, 6.45) is -0.0435. The van der Waals surface area contributed by atoms with Crippen molar-refractivity contribution in [1.82, 2.24) is 4.90 Å². The van der Waals surface area contributed by atoms with Gasteiger partial charge in [-0.15, -0.1) is 0 Å². The minimum absolute atomic E-state index is 0.157. The van der Waals surface area contributed by atoms with Crippen LogP contribution in [0.1, 0.15) is 25.0 Å². The molecule has 1 N–H and O–H groups in total. The number of aliphatic hydroxyl groups is 1. The number of aliphatic hydroxyl groups excluding tert-OH is 1. The van der Waals surface area contributed by atoms with Gasteiger partial charge in [-0.25, -0.2) is 0 Å². The van der Waals surface area contributed by atoms with Crippen LogP contribution in [0, 0.1) is 11.3 Å². The molecule has 92 valence electrons. The van der Waals surface area contributed by atoms with E-state index in [2.05, 4.69) is 22.0 Å². The van der Waals surface area contributed by atoms with E-state index in [-0.39, 0.29) is 6.04 Å². The van der Waals surface area contributed by atoms with Crippen LogP contribution in [0.3, 0.4) is 0 Å². The lowest BCUT2D eigenvalue weighted by Gasteiger charge is -2.25. The van der Waals surface area contributed by atoms with Crippen molar-refractivity contribution in [1.29, 1.82) is 5.26 Å². The van der Waals surface area contributed by atoms with Crippen molar-refractivity contribution in [3.05, 3.63) is 34.3 Å². The van der Waals surface area contributed by atoms with Crippen LogP contribution in [0.5, 0.6) is 0 Å². The third kappa shape index (κ3) is 4.47. The van der Waals surface area contributed by atoms with Crippen LogP contribution in [-0.4, -0.2) is 29.6 Å². The maximum Gasteiger partial charge on any atom is 0.0916 e. The van der Waals surface area contributed by atoms with Crippen molar-refractivity contribution in [3.8, 4) is 6.07 Å². The molecule has 1 rings (SSSR count). The van der Waals surface area contributed by atoms with Gasteiger partial charge in [-0.2, -0.15) is 5.26 Å². The smallest absolute Gasteiger partial charge is 0.0916 e. The number of halogens is 1. The minimum atomic E-state index is -0.519. The summed E-state index contributed by atoms with van der Waals surface area (Å²) in [5.41, 5.74) is 0.893. The van der Waals surface area contributed by atoms with Gasteiger partial charge in [-0.1, -0.05) is 28.1 Å². The lowest BCUT2D eigenvalue weighted by Crippen LogP contribution is -2.32. The Bertz CT molecular complexity index is 385. The summed E-state index contributed by atoms with van der Waals surface area (Å²) in [7, 11) is 1.92. The van der Waals surface area contributed by atoms with Crippen LogP contribution >= 0.6 is 15.9 Å². The minimum Gasteiger partial charge on any atom is -0.387 e. The highest BCUT2D eigenvalue weighted by molar-refractivity contribution is 9.10. The molecule has 0 fully saturated rings. The molecule has 1 aromatic rings. The summed E-state index contributed by atoms with van der Waals surface area (Å²) in [5, 5.41) is 18.7. The van der Waals surface area contributed by atoms with Gasteiger partial charge >= 0.3 is 0 Å². The summed E-state index contributed by atoms with van der Waals surface area (Å²) in [4.78, 5) is 2.00. The first-order valence-corrected chi connectivity index (χ1v) is 6.34. The van der Waals surface area contributed by atoms with Gasteiger partial charge in [-0.3, -0.25) is 4.90 Å². The molecule has 0 amide bonds. The number of nitrogens with zero attached hydrogens (tertiary/aromatic N) is 2. The molecule has 2 atom stereocenters. The molecule has 2 unspecified atom stereocenters. The maximum absolute atomic E-state index is 10.1. The van der Waals surface area contributed by atoms with E-state index >= 15 is 0 Å². The summed E-state index contributed by atoms with van der Waals surface area (Å²) in [6.45, 7) is 2.52. The summed E-state index contributed by atoms with van der Waals surface area (Å²) < 4.78 is 1.000. The van der Waals surface area contributed by atoms with E-state index in [9.17, 15) is 5.11 Å². The molecule has 17 heavy (non-hydrogen) atoms. The Kier molecular flexibility index (Phi) is 5.63. The second kappa shape index (κ2) is 6.75. The quantitative estimate of drug-likeness (QED) is 0.909. The van der Waals surface area contributed by atoms with Crippen molar-refractivity contribution < 1.29 is 5.11 Å². The van der Waals surface area contributed by atoms with Crippen LogP contribution in [0.15, 0.2) is 28.7 Å². The lowest BCUT2D eigenvalue weighted by molar-refractivity contribution is 0.109. The Balaban J connectivity index is 2.57. The number of likely N-dealkylation sites (N-methyl/N-ethyl adjacent to an activating group) is 1. The largest absolute Gasteiger partial charge is 0.387 e. The van der Waals surface area contributed by atoms with Crippen molar-refractivity contribution >= 4 is 15.9 Å². The molecule has 0 aliphatic heterocycles. The number of nitriles is 1. The maximum atomic E-state index is 10.1. The fraction of sp³-hybridized carbons (Fsp3) is 0.462. The molecule has 0 aliphatic carbocycles. The van der Waals surface area contributed by atoms with E-state index in [1.807, 2.05) is 43.1 Å².